The number of nitrogens with two attached hydrogens (primary N) is 1. The number of carbonyl (C=O) groups is 1. The minimum Gasteiger partial charge on any atom is -0.484 e. The van der Waals surface area contributed by atoms with Crippen molar-refractivity contribution < 1.29 is 18.3 Å². The van der Waals surface area contributed by atoms with Gasteiger partial charge in [-0.15, -0.1) is 12.4 Å². The molecule has 31 heavy (non-hydrogen) atoms. The van der Waals surface area contributed by atoms with Crippen LogP contribution in [0.15, 0.2) is 52.8 Å². The van der Waals surface area contributed by atoms with Gasteiger partial charge in [0.2, 0.25) is 5.91 Å². The molecule has 1 aliphatic heterocycles. The highest BCUT2D eigenvalue weighted by Gasteiger charge is 2.23. The molecule has 2 aromatic carbocycles. The summed E-state index contributed by atoms with van der Waals surface area (Å²) in [5, 5.41) is 1.15. The molecule has 2 N–H and O–H groups in total. The maximum atomic E-state index is 14.1. The van der Waals surface area contributed by atoms with Gasteiger partial charge >= 0.3 is 0 Å². The fourth-order valence-corrected chi connectivity index (χ4v) is 3.97. The molecule has 0 radical (unpaired) electrons. The molecule has 7 heteroatoms. The quantitative estimate of drug-likeness (QED) is 0.520. The summed E-state index contributed by atoms with van der Waals surface area (Å²) in [6.07, 6.45) is 6.45. The second-order valence-corrected chi connectivity index (χ2v) is 7.47. The van der Waals surface area contributed by atoms with Crippen molar-refractivity contribution in [3.05, 3.63) is 70.9 Å². The van der Waals surface area contributed by atoms with Crippen LogP contribution < -0.4 is 10.5 Å². The van der Waals surface area contributed by atoms with Crippen molar-refractivity contribution in [1.82, 2.24) is 4.90 Å². The smallest absolute Gasteiger partial charge is 0.249 e. The van der Waals surface area contributed by atoms with Gasteiger partial charge in [0, 0.05) is 24.0 Å². The Bertz CT molecular complexity index is 1110. The largest absolute Gasteiger partial charge is 0.484 e. The Morgan fingerprint density at radius 2 is 2.00 bits per heavy atom. The molecule has 0 atom stereocenters. The highest BCUT2D eigenvalue weighted by atomic mass is 35.5. The predicted molar refractivity (Wildman–Crippen MR) is 122 cm³/mol. The fourth-order valence-electron chi connectivity index (χ4n) is 3.97. The van der Waals surface area contributed by atoms with Gasteiger partial charge < -0.3 is 19.8 Å². The average molecular weight is 445 g/mol. The van der Waals surface area contributed by atoms with Gasteiger partial charge in [-0.2, -0.15) is 0 Å². The molecule has 0 saturated heterocycles. The molecule has 1 amide bonds. The van der Waals surface area contributed by atoms with Gasteiger partial charge in [0.15, 0.2) is 11.6 Å². The van der Waals surface area contributed by atoms with E-state index >= 15 is 0 Å². The number of benzene rings is 2. The van der Waals surface area contributed by atoms with Gasteiger partial charge in [-0.05, 0) is 49.1 Å². The summed E-state index contributed by atoms with van der Waals surface area (Å²) < 4.78 is 25.5. The molecule has 5 nitrogen and oxygen atoms in total. The summed E-state index contributed by atoms with van der Waals surface area (Å²) in [6.45, 7) is 4.04. The van der Waals surface area contributed by atoms with Crippen molar-refractivity contribution in [2.24, 2.45) is 5.73 Å². The van der Waals surface area contributed by atoms with Gasteiger partial charge in [0.05, 0.1) is 17.5 Å². The van der Waals surface area contributed by atoms with Crippen LogP contribution in [0.5, 0.6) is 5.75 Å². The number of furan rings is 1. The van der Waals surface area contributed by atoms with Crippen LogP contribution >= 0.6 is 12.4 Å². The van der Waals surface area contributed by atoms with E-state index < -0.39 is 11.7 Å². The number of carbonyl (C=O) groups excluding carboxylic acids is 1. The first-order valence-corrected chi connectivity index (χ1v) is 10.2. The Labute approximate surface area is 187 Å². The van der Waals surface area contributed by atoms with Crippen LogP contribution in [0.3, 0.4) is 0 Å². The van der Waals surface area contributed by atoms with E-state index in [-0.39, 0.29) is 30.3 Å². The molecule has 0 unspecified atom stereocenters. The highest BCUT2D eigenvalue weighted by Crippen LogP contribution is 2.33. The molecule has 0 spiro atoms. The Morgan fingerprint density at radius 3 is 2.77 bits per heavy atom. The van der Waals surface area contributed by atoms with Crippen molar-refractivity contribution in [1.29, 1.82) is 0 Å². The molecular formula is C24H26ClFN2O3. The van der Waals surface area contributed by atoms with Crippen molar-refractivity contribution in [2.45, 2.75) is 26.2 Å². The monoisotopic (exact) mass is 444 g/mol. The summed E-state index contributed by atoms with van der Waals surface area (Å²) in [5.74, 6) is -0.989. The van der Waals surface area contributed by atoms with Gasteiger partial charge in [0.1, 0.15) is 12.2 Å². The number of halogens is 2. The van der Waals surface area contributed by atoms with Crippen LogP contribution in [0.4, 0.5) is 4.39 Å². The van der Waals surface area contributed by atoms with Gasteiger partial charge in [-0.3, -0.25) is 4.79 Å². The lowest BCUT2D eigenvalue weighted by Gasteiger charge is -2.30. The topological polar surface area (TPSA) is 68.7 Å². The number of hydrogen-bond acceptors (Lipinski definition) is 4. The van der Waals surface area contributed by atoms with E-state index in [0.717, 1.165) is 49.0 Å². The van der Waals surface area contributed by atoms with Gasteiger partial charge in [-0.25, -0.2) is 4.39 Å². The number of para-hydroxylation sites is 1. The summed E-state index contributed by atoms with van der Waals surface area (Å²) in [6, 6.07) is 10.7. The zero-order valence-electron chi connectivity index (χ0n) is 17.4. The molecule has 0 aliphatic carbocycles. The third kappa shape index (κ3) is 4.69. The minimum absolute atomic E-state index is 0. The van der Waals surface area contributed by atoms with E-state index in [1.54, 1.807) is 0 Å². The van der Waals surface area contributed by atoms with Crippen LogP contribution in [-0.2, 0) is 6.42 Å². The average Bonchev–Trinajstić information content (AvgIpc) is 3.16. The van der Waals surface area contributed by atoms with Gasteiger partial charge in [-0.1, -0.05) is 25.1 Å². The zero-order valence-corrected chi connectivity index (χ0v) is 18.2. The minimum atomic E-state index is -0.596. The Hall–Kier alpha value is -2.99. The third-order valence-corrected chi connectivity index (χ3v) is 5.42. The molecule has 4 rings (SSSR count). The second-order valence-electron chi connectivity index (χ2n) is 7.47. The first-order chi connectivity index (χ1) is 14.6. The lowest BCUT2D eigenvalue weighted by Crippen LogP contribution is -2.30. The predicted octanol–water partition coefficient (Wildman–Crippen LogP) is 5.17. The number of hydrogen-bond donors (Lipinski definition) is 1. The van der Waals surface area contributed by atoms with E-state index in [9.17, 15) is 9.18 Å². The number of nitrogens with zero attached hydrogens (tertiary/aromatic N) is 1. The Balaban J connectivity index is 0.00000272. The first kappa shape index (κ1) is 22.7. The van der Waals surface area contributed by atoms with Crippen molar-refractivity contribution in [3.8, 4) is 5.75 Å². The number of amides is 1. The SMILES string of the molecule is CCCN(CCCc1coc2ccccc12)C1=Cc2c(C(N)=O)ccc(F)c2OC1.Cl. The molecule has 0 bridgehead atoms. The molecule has 0 fully saturated rings. The number of aryl methyl sites for hydroxylation is 1. The van der Waals surface area contributed by atoms with E-state index in [2.05, 4.69) is 17.9 Å². The van der Waals surface area contributed by atoms with E-state index in [1.165, 1.54) is 17.7 Å². The molecular weight excluding hydrogens is 419 g/mol. The first-order valence-electron chi connectivity index (χ1n) is 10.2. The standard InChI is InChI=1S/C24H25FN2O3.ClH/c1-2-11-27(12-5-6-16-14-29-22-8-4-3-7-18(16)22)17-13-20-19(24(26)28)9-10-21(25)23(20)30-15-17;/h3-4,7-10,13-14H,2,5-6,11-12,15H2,1H3,(H2,26,28);1H. The van der Waals surface area contributed by atoms with E-state index in [0.29, 0.717) is 5.56 Å². The number of fused-ring (bicyclic) bond motifs is 2. The van der Waals surface area contributed by atoms with Crippen LogP contribution in [0.2, 0.25) is 0 Å². The van der Waals surface area contributed by atoms with Crippen LogP contribution in [0, 0.1) is 5.82 Å². The van der Waals surface area contributed by atoms with Crippen molar-refractivity contribution in [2.75, 3.05) is 19.7 Å². The molecule has 164 valence electrons. The highest BCUT2D eigenvalue weighted by molar-refractivity contribution is 5.98. The van der Waals surface area contributed by atoms with Crippen molar-refractivity contribution in [3.63, 3.8) is 0 Å². The third-order valence-electron chi connectivity index (χ3n) is 5.42. The summed E-state index contributed by atoms with van der Waals surface area (Å²) in [7, 11) is 0. The Kier molecular flexibility index (Phi) is 7.23. The number of ether oxygens (including phenoxy) is 1. The maximum Gasteiger partial charge on any atom is 0.249 e. The lowest BCUT2D eigenvalue weighted by atomic mass is 10.0. The zero-order chi connectivity index (χ0) is 21.1. The molecule has 1 aromatic heterocycles. The maximum absolute atomic E-state index is 14.1. The van der Waals surface area contributed by atoms with E-state index in [4.69, 9.17) is 14.9 Å². The van der Waals surface area contributed by atoms with Gasteiger partial charge in [0.25, 0.3) is 0 Å². The molecule has 2 heterocycles. The number of primary amides is 1. The normalized spacial score (nSPS) is 12.5. The molecule has 0 saturated carbocycles. The summed E-state index contributed by atoms with van der Waals surface area (Å²) in [4.78, 5) is 14.0. The van der Waals surface area contributed by atoms with E-state index in [1.807, 2.05) is 30.5 Å². The Morgan fingerprint density at radius 1 is 1.19 bits per heavy atom. The summed E-state index contributed by atoms with van der Waals surface area (Å²) in [5.41, 5.74) is 9.19. The second kappa shape index (κ2) is 9.88. The molecule has 3 aromatic rings. The summed E-state index contributed by atoms with van der Waals surface area (Å²) >= 11 is 0. The molecule has 1 aliphatic rings. The van der Waals surface area contributed by atoms with Crippen LogP contribution in [0.25, 0.3) is 17.0 Å². The van der Waals surface area contributed by atoms with Crippen LogP contribution in [-0.4, -0.2) is 30.5 Å². The fraction of sp³-hybridized carbons (Fsp3) is 0.292. The van der Waals surface area contributed by atoms with Crippen LogP contribution in [0.1, 0.15) is 41.3 Å². The lowest BCUT2D eigenvalue weighted by molar-refractivity contribution is 0.0999. The van der Waals surface area contributed by atoms with Crippen molar-refractivity contribution >= 4 is 35.4 Å². The number of rotatable bonds is 8.